The molecule has 1 N–H and O–H groups in total. The molecule has 0 saturated heterocycles. The zero-order valence-corrected chi connectivity index (χ0v) is 14.0. The zero-order valence-electron chi connectivity index (χ0n) is 13.2. The average Bonchev–Trinajstić information content (AvgIpc) is 2.59. The van der Waals surface area contributed by atoms with E-state index in [9.17, 15) is 14.9 Å². The van der Waals surface area contributed by atoms with Gasteiger partial charge in [-0.15, -0.1) is 0 Å². The van der Waals surface area contributed by atoms with Crippen molar-refractivity contribution in [3.8, 4) is 0 Å². The Morgan fingerprint density at radius 2 is 1.83 bits per heavy atom. The number of hydrazone groups is 1. The highest BCUT2D eigenvalue weighted by Crippen LogP contribution is 2.25. The van der Waals surface area contributed by atoms with Crippen LogP contribution in [0.15, 0.2) is 47.6 Å². The number of aryl methyl sites for hydroxylation is 1. The number of carbonyl (C=O) groups is 1. The molecule has 24 heavy (non-hydrogen) atoms. The van der Waals surface area contributed by atoms with E-state index in [4.69, 9.17) is 11.6 Å². The third-order valence-corrected chi connectivity index (χ3v) is 3.83. The lowest BCUT2D eigenvalue weighted by molar-refractivity contribution is -0.384. The van der Waals surface area contributed by atoms with Crippen molar-refractivity contribution in [3.63, 3.8) is 0 Å². The van der Waals surface area contributed by atoms with Crippen LogP contribution in [0, 0.1) is 10.1 Å². The van der Waals surface area contributed by atoms with Crippen LogP contribution in [0.5, 0.6) is 0 Å². The molecule has 124 valence electrons. The summed E-state index contributed by atoms with van der Waals surface area (Å²) in [4.78, 5) is 22.4. The Morgan fingerprint density at radius 3 is 2.42 bits per heavy atom. The monoisotopic (exact) mass is 345 g/mol. The summed E-state index contributed by atoms with van der Waals surface area (Å²) in [5, 5.41) is 15.0. The Morgan fingerprint density at radius 1 is 1.21 bits per heavy atom. The van der Waals surface area contributed by atoms with Gasteiger partial charge in [-0.1, -0.05) is 36.7 Å². The fourth-order valence-corrected chi connectivity index (χ4v) is 2.22. The Kier molecular flexibility index (Phi) is 5.65. The summed E-state index contributed by atoms with van der Waals surface area (Å²) in [5.74, 6) is -0.347. The minimum absolute atomic E-state index is 0.0524. The molecule has 0 heterocycles. The number of benzene rings is 2. The van der Waals surface area contributed by atoms with Crippen molar-refractivity contribution in [2.24, 2.45) is 5.10 Å². The number of nitro benzene ring substituents is 1. The standard InChI is InChI=1S/C17H16ClN3O3/c1-3-12-4-6-13(7-5-12)17(22)20-19-11(2)14-8-9-15(18)16(10-14)21(23)24/h4-10H,3H2,1-2H3,(H,20,22)/b19-11-. The van der Waals surface area contributed by atoms with Crippen molar-refractivity contribution in [1.29, 1.82) is 0 Å². The fourth-order valence-electron chi connectivity index (χ4n) is 2.03. The van der Waals surface area contributed by atoms with Crippen LogP contribution < -0.4 is 5.43 Å². The first kappa shape index (κ1) is 17.6. The molecule has 2 rings (SSSR count). The van der Waals surface area contributed by atoms with E-state index in [1.54, 1.807) is 25.1 Å². The molecule has 0 spiro atoms. The van der Waals surface area contributed by atoms with E-state index in [1.807, 2.05) is 19.1 Å². The molecular formula is C17H16ClN3O3. The maximum absolute atomic E-state index is 12.1. The Hall–Kier alpha value is -2.73. The predicted molar refractivity (Wildman–Crippen MR) is 93.6 cm³/mol. The van der Waals surface area contributed by atoms with Gasteiger partial charge in [-0.3, -0.25) is 14.9 Å². The highest BCUT2D eigenvalue weighted by atomic mass is 35.5. The molecular weight excluding hydrogens is 330 g/mol. The number of nitro groups is 1. The van der Waals surface area contributed by atoms with Gasteiger partial charge in [0.1, 0.15) is 5.02 Å². The molecule has 6 nitrogen and oxygen atoms in total. The number of nitrogens with zero attached hydrogens (tertiary/aromatic N) is 2. The van der Waals surface area contributed by atoms with Gasteiger partial charge in [0.05, 0.1) is 10.6 Å². The number of nitrogens with one attached hydrogen (secondary N) is 1. The quantitative estimate of drug-likeness (QED) is 0.505. The SMILES string of the molecule is CCc1ccc(C(=O)N/N=C(/C)c2ccc(Cl)c([N+](=O)[O-])c2)cc1. The summed E-state index contributed by atoms with van der Waals surface area (Å²) in [7, 11) is 0. The average molecular weight is 346 g/mol. The van der Waals surface area contributed by atoms with Crippen LogP contribution in [0.2, 0.25) is 5.02 Å². The molecule has 0 aromatic heterocycles. The van der Waals surface area contributed by atoms with Crippen LogP contribution in [0.4, 0.5) is 5.69 Å². The van der Waals surface area contributed by atoms with Crippen LogP contribution in [-0.4, -0.2) is 16.5 Å². The Labute approximate surface area is 144 Å². The lowest BCUT2D eigenvalue weighted by Crippen LogP contribution is -2.19. The second-order valence-corrected chi connectivity index (χ2v) is 5.52. The van der Waals surface area contributed by atoms with E-state index in [-0.39, 0.29) is 16.6 Å². The minimum Gasteiger partial charge on any atom is -0.267 e. The van der Waals surface area contributed by atoms with E-state index in [2.05, 4.69) is 10.5 Å². The van der Waals surface area contributed by atoms with E-state index in [1.165, 1.54) is 12.1 Å². The molecule has 0 aliphatic rings. The van der Waals surface area contributed by atoms with Crippen LogP contribution in [0.1, 0.15) is 35.3 Å². The van der Waals surface area contributed by atoms with Gasteiger partial charge in [-0.25, -0.2) is 5.43 Å². The van der Waals surface area contributed by atoms with Crippen molar-refractivity contribution in [3.05, 3.63) is 74.3 Å². The normalized spacial score (nSPS) is 11.2. The molecule has 0 bridgehead atoms. The topological polar surface area (TPSA) is 84.6 Å². The summed E-state index contributed by atoms with van der Waals surface area (Å²) in [6.45, 7) is 3.68. The van der Waals surface area contributed by atoms with Crippen LogP contribution in [-0.2, 0) is 6.42 Å². The molecule has 0 fully saturated rings. The van der Waals surface area contributed by atoms with Crippen molar-refractivity contribution in [1.82, 2.24) is 5.43 Å². The van der Waals surface area contributed by atoms with Crippen LogP contribution in [0.25, 0.3) is 0 Å². The number of rotatable bonds is 5. The van der Waals surface area contributed by atoms with Crippen LogP contribution >= 0.6 is 11.6 Å². The lowest BCUT2D eigenvalue weighted by atomic mass is 10.1. The molecule has 0 aliphatic carbocycles. The first-order valence-electron chi connectivity index (χ1n) is 7.30. The van der Waals surface area contributed by atoms with Crippen molar-refractivity contribution >= 4 is 28.9 Å². The van der Waals surface area contributed by atoms with Gasteiger partial charge in [-0.2, -0.15) is 5.10 Å². The molecule has 2 aromatic rings. The molecule has 0 aliphatic heterocycles. The Balaban J connectivity index is 2.14. The van der Waals surface area contributed by atoms with Gasteiger partial charge < -0.3 is 0 Å². The highest BCUT2D eigenvalue weighted by Gasteiger charge is 2.14. The molecule has 0 radical (unpaired) electrons. The van der Waals surface area contributed by atoms with Gasteiger partial charge in [-0.05, 0) is 37.1 Å². The van der Waals surface area contributed by atoms with E-state index in [0.29, 0.717) is 16.8 Å². The zero-order chi connectivity index (χ0) is 17.7. The third-order valence-electron chi connectivity index (χ3n) is 3.51. The molecule has 2 aromatic carbocycles. The number of halogens is 1. The molecule has 0 atom stereocenters. The predicted octanol–water partition coefficient (Wildman–Crippen LogP) is 3.96. The lowest BCUT2D eigenvalue weighted by Gasteiger charge is -2.04. The minimum atomic E-state index is -0.563. The smallest absolute Gasteiger partial charge is 0.267 e. The largest absolute Gasteiger partial charge is 0.288 e. The number of hydrogen-bond donors (Lipinski definition) is 1. The van der Waals surface area contributed by atoms with E-state index >= 15 is 0 Å². The summed E-state index contributed by atoms with van der Waals surface area (Å²) in [5.41, 5.74) is 4.82. The first-order chi connectivity index (χ1) is 11.4. The van der Waals surface area contributed by atoms with Gasteiger partial charge >= 0.3 is 0 Å². The molecule has 0 unspecified atom stereocenters. The van der Waals surface area contributed by atoms with Gasteiger partial charge in [0.15, 0.2) is 0 Å². The van der Waals surface area contributed by atoms with E-state index < -0.39 is 4.92 Å². The van der Waals surface area contributed by atoms with E-state index in [0.717, 1.165) is 12.0 Å². The van der Waals surface area contributed by atoms with Gasteiger partial charge in [0, 0.05) is 17.2 Å². The van der Waals surface area contributed by atoms with Gasteiger partial charge in [0.25, 0.3) is 11.6 Å². The third kappa shape index (κ3) is 4.17. The van der Waals surface area contributed by atoms with Crippen molar-refractivity contribution in [2.45, 2.75) is 20.3 Å². The number of carbonyl (C=O) groups excluding carboxylic acids is 1. The number of amides is 1. The first-order valence-corrected chi connectivity index (χ1v) is 7.68. The maximum atomic E-state index is 12.1. The summed E-state index contributed by atoms with van der Waals surface area (Å²) in [6.07, 6.45) is 0.897. The summed E-state index contributed by atoms with van der Waals surface area (Å²) < 4.78 is 0. The molecule has 0 saturated carbocycles. The van der Waals surface area contributed by atoms with Crippen molar-refractivity contribution in [2.75, 3.05) is 0 Å². The maximum Gasteiger partial charge on any atom is 0.288 e. The molecule has 7 heteroatoms. The van der Waals surface area contributed by atoms with Crippen molar-refractivity contribution < 1.29 is 9.72 Å². The second-order valence-electron chi connectivity index (χ2n) is 5.11. The van der Waals surface area contributed by atoms with Crippen LogP contribution in [0.3, 0.4) is 0 Å². The Bertz CT molecular complexity index is 801. The van der Waals surface area contributed by atoms with Gasteiger partial charge in [0.2, 0.25) is 0 Å². The second kappa shape index (κ2) is 7.70. The highest BCUT2D eigenvalue weighted by molar-refractivity contribution is 6.32. The molecule has 1 amide bonds. The fraction of sp³-hybridized carbons (Fsp3) is 0.176. The number of hydrogen-bond acceptors (Lipinski definition) is 4. The summed E-state index contributed by atoms with van der Waals surface area (Å²) >= 11 is 5.78. The summed E-state index contributed by atoms with van der Waals surface area (Å²) in [6, 6.07) is 11.6.